The van der Waals surface area contributed by atoms with Gasteiger partial charge in [-0.1, -0.05) is 17.7 Å². The van der Waals surface area contributed by atoms with Gasteiger partial charge in [0.25, 0.3) is 0 Å². The minimum absolute atomic E-state index is 0.000386. The van der Waals surface area contributed by atoms with Gasteiger partial charge < -0.3 is 9.64 Å². The molecule has 0 spiro atoms. The molecule has 0 radical (unpaired) electrons. The van der Waals surface area contributed by atoms with Crippen LogP contribution in [0.15, 0.2) is 36.5 Å². The van der Waals surface area contributed by atoms with Crippen molar-refractivity contribution in [2.45, 2.75) is 24.6 Å². The Balaban J connectivity index is 2.00. The molecule has 3 nitrogen and oxygen atoms in total. The molecule has 2 aromatic rings. The van der Waals surface area contributed by atoms with Crippen molar-refractivity contribution in [2.24, 2.45) is 5.92 Å². The van der Waals surface area contributed by atoms with Crippen LogP contribution in [0.1, 0.15) is 24.0 Å². The Morgan fingerprint density at radius 3 is 2.72 bits per heavy atom. The van der Waals surface area contributed by atoms with E-state index in [4.69, 9.17) is 16.3 Å². The van der Waals surface area contributed by atoms with Crippen molar-refractivity contribution in [3.05, 3.63) is 52.7 Å². The van der Waals surface area contributed by atoms with E-state index in [2.05, 4.69) is 4.98 Å². The van der Waals surface area contributed by atoms with Crippen molar-refractivity contribution >= 4 is 23.1 Å². The van der Waals surface area contributed by atoms with Gasteiger partial charge in [-0.2, -0.15) is 13.2 Å². The number of hydrogen-bond acceptors (Lipinski definition) is 3. The maximum absolute atomic E-state index is 14.5. The van der Waals surface area contributed by atoms with Crippen molar-refractivity contribution in [1.29, 1.82) is 0 Å². The van der Waals surface area contributed by atoms with Crippen molar-refractivity contribution in [3.8, 4) is 0 Å². The van der Waals surface area contributed by atoms with Gasteiger partial charge in [-0.3, -0.25) is 0 Å². The molecule has 132 valence electrons. The molecule has 1 saturated carbocycles. The highest BCUT2D eigenvalue weighted by atomic mass is 35.5. The zero-order valence-corrected chi connectivity index (χ0v) is 14.2. The Bertz CT molecular complexity index is 822. The Morgan fingerprint density at radius 2 is 2.04 bits per heavy atom. The summed E-state index contributed by atoms with van der Waals surface area (Å²) in [6.45, 7) is 0.0590. The third-order valence-electron chi connectivity index (χ3n) is 4.81. The Labute approximate surface area is 148 Å². The number of alkyl halides is 3. The Hall–Kier alpha value is -1.79. The molecule has 1 fully saturated rings. The number of aromatic nitrogens is 1. The number of hydrogen-bond donors (Lipinski definition) is 0. The monoisotopic (exact) mass is 368 g/mol. The topological polar surface area (TPSA) is 25.4 Å². The van der Waals surface area contributed by atoms with Crippen LogP contribution >= 0.6 is 11.6 Å². The molecule has 0 amide bonds. The van der Waals surface area contributed by atoms with Gasteiger partial charge in [-0.05, 0) is 43.0 Å². The van der Waals surface area contributed by atoms with E-state index in [1.54, 1.807) is 24.1 Å². The molecule has 2 aliphatic rings. The summed E-state index contributed by atoms with van der Waals surface area (Å²) in [6.07, 6.45) is -1.37. The summed E-state index contributed by atoms with van der Waals surface area (Å²) < 4.78 is 49.1. The molecule has 0 N–H and O–H groups in total. The molecule has 7 heteroatoms. The highest BCUT2D eigenvalue weighted by Crippen LogP contribution is 2.56. The quantitative estimate of drug-likeness (QED) is 0.758. The zero-order chi connectivity index (χ0) is 17.8. The van der Waals surface area contributed by atoms with E-state index in [0.717, 1.165) is 12.8 Å². The average molecular weight is 369 g/mol. The summed E-state index contributed by atoms with van der Waals surface area (Å²) in [6, 6.07) is 7.44. The van der Waals surface area contributed by atoms with E-state index in [-0.39, 0.29) is 34.5 Å². The predicted molar refractivity (Wildman–Crippen MR) is 89.3 cm³/mol. The van der Waals surface area contributed by atoms with Gasteiger partial charge >= 0.3 is 6.18 Å². The predicted octanol–water partition coefficient (Wildman–Crippen LogP) is 5.05. The lowest BCUT2D eigenvalue weighted by molar-refractivity contribution is -0.268. The minimum Gasteiger partial charge on any atom is -0.356 e. The molecule has 1 aromatic heterocycles. The number of halogens is 4. The second-order valence-corrected chi connectivity index (χ2v) is 6.96. The first-order chi connectivity index (χ1) is 11.8. The summed E-state index contributed by atoms with van der Waals surface area (Å²) in [5, 5.41) is 0.239. The van der Waals surface area contributed by atoms with Crippen LogP contribution in [0, 0.1) is 5.92 Å². The van der Waals surface area contributed by atoms with Gasteiger partial charge in [0, 0.05) is 35.1 Å². The second kappa shape index (κ2) is 5.61. The van der Waals surface area contributed by atoms with Crippen LogP contribution in [0.3, 0.4) is 0 Å². The molecule has 2 heterocycles. The Morgan fingerprint density at radius 1 is 1.28 bits per heavy atom. The fourth-order valence-corrected chi connectivity index (χ4v) is 3.52. The van der Waals surface area contributed by atoms with Crippen LogP contribution in [0.25, 0.3) is 0 Å². The van der Waals surface area contributed by atoms with Crippen LogP contribution in [-0.2, 0) is 10.3 Å². The standard InChI is InChI=1S/C18H16ClF3N2O/c1-24-15-7-6-12(19)9-14(15)17(18(20,21)22,25-10-11-4-5-11)13-3-2-8-23-16(13)24/h2-3,6-9,11H,4-5,10H2,1H3. The lowest BCUT2D eigenvalue weighted by Gasteiger charge is -2.44. The first-order valence-electron chi connectivity index (χ1n) is 8.04. The average Bonchev–Trinajstić information content (AvgIpc) is 3.38. The van der Waals surface area contributed by atoms with Gasteiger partial charge in [0.2, 0.25) is 5.60 Å². The third-order valence-corrected chi connectivity index (χ3v) is 5.05. The molecule has 1 aliphatic heterocycles. The fraction of sp³-hybridized carbons (Fsp3) is 0.389. The van der Waals surface area contributed by atoms with Crippen molar-refractivity contribution in [3.63, 3.8) is 0 Å². The fourth-order valence-electron chi connectivity index (χ4n) is 3.35. The number of fused-ring (bicyclic) bond motifs is 2. The molecule has 1 unspecified atom stereocenters. The van der Waals surface area contributed by atoms with Crippen LogP contribution in [0.4, 0.5) is 24.7 Å². The molecule has 25 heavy (non-hydrogen) atoms. The van der Waals surface area contributed by atoms with Gasteiger partial charge in [0.1, 0.15) is 5.82 Å². The summed E-state index contributed by atoms with van der Waals surface area (Å²) >= 11 is 6.05. The number of benzene rings is 1. The third kappa shape index (κ3) is 2.50. The minimum atomic E-state index is -4.65. The molecule has 1 aromatic carbocycles. The summed E-state index contributed by atoms with van der Waals surface area (Å²) in [5.41, 5.74) is -2.16. The lowest BCUT2D eigenvalue weighted by Crippen LogP contribution is -2.50. The molecule has 0 saturated heterocycles. The SMILES string of the molecule is CN1c2ccc(Cl)cc2C(OCC2CC2)(C(F)(F)F)c2cccnc21. The molecular formula is C18H16ClF3N2O. The van der Waals surface area contributed by atoms with Gasteiger partial charge in [-0.15, -0.1) is 0 Å². The van der Waals surface area contributed by atoms with E-state index >= 15 is 0 Å². The first-order valence-corrected chi connectivity index (χ1v) is 8.42. The number of rotatable bonds is 3. The number of pyridine rings is 1. The van der Waals surface area contributed by atoms with Crippen molar-refractivity contribution in [2.75, 3.05) is 18.6 Å². The second-order valence-electron chi connectivity index (χ2n) is 6.53. The smallest absolute Gasteiger partial charge is 0.356 e. The van der Waals surface area contributed by atoms with Crippen LogP contribution in [0.5, 0.6) is 0 Å². The molecule has 0 bridgehead atoms. The van der Waals surface area contributed by atoms with Gasteiger partial charge in [0.05, 0.1) is 6.61 Å². The number of ether oxygens (including phenoxy) is 1. The number of nitrogens with zero attached hydrogens (tertiary/aromatic N) is 2. The molecule has 1 aliphatic carbocycles. The largest absolute Gasteiger partial charge is 0.426 e. The molecular weight excluding hydrogens is 353 g/mol. The van der Waals surface area contributed by atoms with E-state index in [9.17, 15) is 13.2 Å². The van der Waals surface area contributed by atoms with Crippen LogP contribution in [-0.4, -0.2) is 24.8 Å². The lowest BCUT2D eigenvalue weighted by atomic mass is 9.81. The zero-order valence-electron chi connectivity index (χ0n) is 13.5. The maximum Gasteiger partial charge on any atom is 0.426 e. The van der Waals surface area contributed by atoms with Gasteiger partial charge in [-0.25, -0.2) is 4.98 Å². The number of anilines is 2. The van der Waals surface area contributed by atoms with Crippen LogP contribution < -0.4 is 4.90 Å². The van der Waals surface area contributed by atoms with Crippen molar-refractivity contribution in [1.82, 2.24) is 4.98 Å². The van der Waals surface area contributed by atoms with E-state index in [0.29, 0.717) is 5.69 Å². The molecule has 1 atom stereocenters. The maximum atomic E-state index is 14.5. The molecule has 4 rings (SSSR count). The summed E-state index contributed by atoms with van der Waals surface area (Å²) in [5.74, 6) is 0.423. The van der Waals surface area contributed by atoms with E-state index in [1.807, 2.05) is 0 Å². The van der Waals surface area contributed by atoms with Crippen molar-refractivity contribution < 1.29 is 17.9 Å². The highest BCUT2D eigenvalue weighted by molar-refractivity contribution is 6.30. The van der Waals surface area contributed by atoms with Gasteiger partial charge in [0.15, 0.2) is 0 Å². The Kier molecular flexibility index (Phi) is 3.74. The first kappa shape index (κ1) is 16.7. The summed E-state index contributed by atoms with van der Waals surface area (Å²) in [7, 11) is 1.69. The highest BCUT2D eigenvalue weighted by Gasteiger charge is 2.63. The van der Waals surface area contributed by atoms with Crippen LogP contribution in [0.2, 0.25) is 5.02 Å². The normalized spacial score (nSPS) is 22.5. The summed E-state index contributed by atoms with van der Waals surface area (Å²) in [4.78, 5) is 5.83. The van der Waals surface area contributed by atoms with E-state index < -0.39 is 11.8 Å². The van der Waals surface area contributed by atoms with E-state index in [1.165, 1.54) is 24.4 Å².